The van der Waals surface area contributed by atoms with Gasteiger partial charge >= 0.3 is 0 Å². The Kier molecular flexibility index (Phi) is 5.47. The number of aromatic nitrogens is 2. The molecule has 1 amide bonds. The second-order valence-corrected chi connectivity index (χ2v) is 9.91. The fourth-order valence-electron chi connectivity index (χ4n) is 4.76. The molecule has 1 saturated carbocycles. The van der Waals surface area contributed by atoms with E-state index in [1.165, 1.54) is 17.8 Å². The van der Waals surface area contributed by atoms with E-state index in [2.05, 4.69) is 20.2 Å². The van der Waals surface area contributed by atoms with Crippen LogP contribution in [0.25, 0.3) is 21.3 Å². The van der Waals surface area contributed by atoms with Crippen LogP contribution in [0.15, 0.2) is 47.2 Å². The van der Waals surface area contributed by atoms with Gasteiger partial charge in [-0.3, -0.25) is 4.79 Å². The summed E-state index contributed by atoms with van der Waals surface area (Å²) in [4.78, 5) is 23.5. The van der Waals surface area contributed by atoms with Crippen LogP contribution in [0.1, 0.15) is 37.7 Å². The molecular formula is C25H26N4O3S. The van der Waals surface area contributed by atoms with Crippen molar-refractivity contribution in [1.82, 2.24) is 20.2 Å². The van der Waals surface area contributed by atoms with Crippen molar-refractivity contribution in [2.45, 2.75) is 44.7 Å². The molecule has 1 aromatic carbocycles. The monoisotopic (exact) mass is 462 g/mol. The third-order valence-electron chi connectivity index (χ3n) is 6.79. The predicted octanol–water partition coefficient (Wildman–Crippen LogP) is 5.11. The second kappa shape index (κ2) is 8.76. The maximum Gasteiger partial charge on any atom is 0.281 e. The average molecular weight is 463 g/mol. The molecular weight excluding hydrogens is 436 g/mol. The molecule has 170 valence electrons. The molecule has 1 aliphatic carbocycles. The van der Waals surface area contributed by atoms with E-state index in [1.807, 2.05) is 30.3 Å². The zero-order valence-corrected chi connectivity index (χ0v) is 19.1. The first-order valence-electron chi connectivity index (χ1n) is 11.7. The Morgan fingerprint density at radius 1 is 1.24 bits per heavy atom. The number of amides is 1. The van der Waals surface area contributed by atoms with Gasteiger partial charge in [0.2, 0.25) is 5.91 Å². The Bertz CT molecular complexity index is 1260. The van der Waals surface area contributed by atoms with Gasteiger partial charge < -0.3 is 19.4 Å². The van der Waals surface area contributed by atoms with Crippen LogP contribution < -0.4 is 10.1 Å². The van der Waals surface area contributed by atoms with Crippen LogP contribution >= 0.6 is 11.3 Å². The van der Waals surface area contributed by atoms with Crippen molar-refractivity contribution in [3.05, 3.63) is 48.4 Å². The smallest absolute Gasteiger partial charge is 0.281 e. The molecule has 8 heteroatoms. The first-order valence-corrected chi connectivity index (χ1v) is 12.5. The van der Waals surface area contributed by atoms with Crippen LogP contribution in [-0.4, -0.2) is 39.9 Å². The molecule has 2 aliphatic rings. The van der Waals surface area contributed by atoms with Gasteiger partial charge in [0.25, 0.3) is 5.19 Å². The summed E-state index contributed by atoms with van der Waals surface area (Å²) in [7, 11) is 0. The Morgan fingerprint density at radius 2 is 2.18 bits per heavy atom. The van der Waals surface area contributed by atoms with Crippen LogP contribution in [0.2, 0.25) is 0 Å². The minimum absolute atomic E-state index is 0.277. The van der Waals surface area contributed by atoms with Crippen molar-refractivity contribution in [2.75, 3.05) is 13.1 Å². The molecule has 2 fully saturated rings. The summed E-state index contributed by atoms with van der Waals surface area (Å²) >= 11 is 1.47. The van der Waals surface area contributed by atoms with E-state index in [0.29, 0.717) is 35.1 Å². The van der Waals surface area contributed by atoms with Crippen molar-refractivity contribution in [3.8, 4) is 10.9 Å². The van der Waals surface area contributed by atoms with Crippen LogP contribution in [0.5, 0.6) is 10.9 Å². The van der Waals surface area contributed by atoms with Gasteiger partial charge in [-0.1, -0.05) is 17.8 Å². The van der Waals surface area contributed by atoms with E-state index in [4.69, 9.17) is 9.15 Å². The van der Waals surface area contributed by atoms with E-state index >= 15 is 0 Å². The van der Waals surface area contributed by atoms with Gasteiger partial charge in [-0.05, 0) is 49.9 Å². The Morgan fingerprint density at radius 3 is 3.03 bits per heavy atom. The number of carbonyl (C=O) groups is 1. The minimum atomic E-state index is 0.277. The summed E-state index contributed by atoms with van der Waals surface area (Å²) < 4.78 is 12.8. The van der Waals surface area contributed by atoms with Crippen LogP contribution in [0.3, 0.4) is 0 Å². The van der Waals surface area contributed by atoms with E-state index in [-0.39, 0.29) is 5.92 Å². The first-order chi connectivity index (χ1) is 16.2. The molecule has 0 spiro atoms. The van der Waals surface area contributed by atoms with Crippen LogP contribution in [0.4, 0.5) is 0 Å². The highest BCUT2D eigenvalue weighted by Gasteiger charge is 2.35. The van der Waals surface area contributed by atoms with Gasteiger partial charge in [-0.25, -0.2) is 4.98 Å². The Labute approximate surface area is 195 Å². The number of pyridine rings is 1. The molecule has 0 unspecified atom stereocenters. The van der Waals surface area contributed by atoms with Crippen molar-refractivity contribution < 1.29 is 13.9 Å². The largest absolute Gasteiger partial charge is 0.464 e. The number of thiazole rings is 1. The number of furan rings is 1. The fourth-order valence-corrected chi connectivity index (χ4v) is 5.55. The van der Waals surface area contributed by atoms with E-state index in [0.717, 1.165) is 60.0 Å². The molecule has 6 rings (SSSR count). The molecule has 33 heavy (non-hydrogen) atoms. The zero-order valence-electron chi connectivity index (χ0n) is 18.3. The summed E-state index contributed by atoms with van der Waals surface area (Å²) in [5, 5.41) is 5.18. The topological polar surface area (TPSA) is 80.5 Å². The maximum absolute atomic E-state index is 12.7. The number of likely N-dealkylation sites (tertiary alicyclic amines) is 1. The van der Waals surface area contributed by atoms with Gasteiger partial charge in [0.05, 0.1) is 11.0 Å². The zero-order chi connectivity index (χ0) is 22.2. The summed E-state index contributed by atoms with van der Waals surface area (Å²) in [6, 6.07) is 10.0. The van der Waals surface area contributed by atoms with Gasteiger partial charge in [0.15, 0.2) is 5.65 Å². The second-order valence-electron chi connectivity index (χ2n) is 8.91. The summed E-state index contributed by atoms with van der Waals surface area (Å²) in [5.41, 5.74) is 2.59. The number of ether oxygens (including phenoxy) is 1. The minimum Gasteiger partial charge on any atom is -0.464 e. The highest BCUT2D eigenvalue weighted by Crippen LogP contribution is 2.33. The first kappa shape index (κ1) is 20.6. The van der Waals surface area contributed by atoms with Crippen molar-refractivity contribution in [2.24, 2.45) is 5.92 Å². The Hall–Kier alpha value is -2.97. The summed E-state index contributed by atoms with van der Waals surface area (Å²) in [5.74, 6) is 1.33. The molecule has 1 atom stereocenters. The van der Waals surface area contributed by atoms with Crippen molar-refractivity contribution >= 4 is 38.6 Å². The number of hydrogen-bond acceptors (Lipinski definition) is 7. The number of carbonyl (C=O) groups excluding carboxylic acids is 1. The molecule has 0 radical (unpaired) electrons. The molecule has 1 saturated heterocycles. The van der Waals surface area contributed by atoms with E-state index in [1.54, 1.807) is 12.5 Å². The highest BCUT2D eigenvalue weighted by molar-refractivity contribution is 7.20. The number of hydrogen-bond donors (Lipinski definition) is 1. The molecule has 0 bridgehead atoms. The molecule has 4 aromatic rings. The molecule has 4 heterocycles. The summed E-state index contributed by atoms with van der Waals surface area (Å²) in [6.45, 7) is 2.43. The number of fused-ring (bicyclic) bond motifs is 2. The molecule has 3 aromatic heterocycles. The molecule has 1 aliphatic heterocycles. The number of benzene rings is 1. The highest BCUT2D eigenvalue weighted by atomic mass is 32.1. The SMILES string of the molecule is O=C(C1CCC1)N1CCC[C@H]1CNCc1coc2cc(Oc3nc4ncccc4s3)ccc12. The number of rotatable bonds is 7. The maximum atomic E-state index is 12.7. The molecule has 7 nitrogen and oxygen atoms in total. The lowest BCUT2D eigenvalue weighted by atomic mass is 9.84. The van der Waals surface area contributed by atoms with Gasteiger partial charge in [0, 0.05) is 54.8 Å². The van der Waals surface area contributed by atoms with Gasteiger partial charge in [-0.15, -0.1) is 0 Å². The lowest BCUT2D eigenvalue weighted by Gasteiger charge is -2.33. The van der Waals surface area contributed by atoms with E-state index in [9.17, 15) is 4.79 Å². The fraction of sp³-hybridized carbons (Fsp3) is 0.400. The van der Waals surface area contributed by atoms with Gasteiger partial charge in [-0.2, -0.15) is 4.98 Å². The average Bonchev–Trinajstić information content (AvgIpc) is 3.50. The standard InChI is InChI=1S/C25H26N4O3S/c30-24(16-4-1-5-16)29-11-3-6-18(29)14-26-13-17-15-31-21-12-19(8-9-20(17)21)32-25-28-23-22(33-25)7-2-10-27-23/h2,7-10,12,15-16,18,26H,1,3-6,11,13-14H2/t18-/m0/s1. The van der Waals surface area contributed by atoms with E-state index < -0.39 is 0 Å². The van der Waals surface area contributed by atoms with Crippen molar-refractivity contribution in [3.63, 3.8) is 0 Å². The van der Waals surface area contributed by atoms with Crippen LogP contribution in [-0.2, 0) is 11.3 Å². The lowest BCUT2D eigenvalue weighted by Crippen LogP contribution is -2.45. The number of nitrogens with one attached hydrogen (secondary N) is 1. The normalized spacial score (nSPS) is 18.8. The third-order valence-corrected chi connectivity index (χ3v) is 7.68. The number of nitrogens with zero attached hydrogens (tertiary/aromatic N) is 3. The predicted molar refractivity (Wildman–Crippen MR) is 127 cm³/mol. The molecule has 1 N–H and O–H groups in total. The summed E-state index contributed by atoms with van der Waals surface area (Å²) in [6.07, 6.45) is 9.05. The third kappa shape index (κ3) is 4.09. The Balaban J connectivity index is 1.09. The quantitative estimate of drug-likeness (QED) is 0.411. The van der Waals surface area contributed by atoms with Crippen LogP contribution in [0, 0.1) is 5.92 Å². The lowest BCUT2D eigenvalue weighted by molar-refractivity contribution is -0.138. The van der Waals surface area contributed by atoms with Gasteiger partial charge in [0.1, 0.15) is 11.3 Å². The van der Waals surface area contributed by atoms with Crippen molar-refractivity contribution in [1.29, 1.82) is 0 Å².